The average Bonchev–Trinajstić information content (AvgIpc) is 3.11. The molecule has 0 aromatic heterocycles. The third-order valence-corrected chi connectivity index (χ3v) is 11.9. The highest BCUT2D eigenvalue weighted by molar-refractivity contribution is 4.56. The molecule has 0 rings (SSSR count). The number of hydrogen-bond acceptors (Lipinski definition) is 0. The monoisotopic (exact) mass is 691 g/mol. The van der Waals surface area contributed by atoms with Crippen molar-refractivity contribution < 1.29 is 4.48 Å². The first-order valence-electron chi connectivity index (χ1n) is 24.1. The van der Waals surface area contributed by atoms with Crippen LogP contribution in [0.1, 0.15) is 285 Å². The maximum absolute atomic E-state index is 2.35. The van der Waals surface area contributed by atoms with Crippen LogP contribution in [-0.2, 0) is 0 Å². The van der Waals surface area contributed by atoms with Crippen LogP contribution in [-0.4, -0.2) is 30.7 Å². The van der Waals surface area contributed by atoms with Gasteiger partial charge in [-0.3, -0.25) is 0 Å². The molecule has 0 aromatic carbocycles. The van der Waals surface area contributed by atoms with Crippen molar-refractivity contribution in [2.75, 3.05) is 26.2 Å². The maximum atomic E-state index is 2.35. The second kappa shape index (κ2) is 42.4. The summed E-state index contributed by atoms with van der Waals surface area (Å²) in [7, 11) is 0. The molecule has 0 amide bonds. The summed E-state index contributed by atoms with van der Waals surface area (Å²) in [6.45, 7) is 15.3. The van der Waals surface area contributed by atoms with Gasteiger partial charge >= 0.3 is 0 Å². The second-order valence-corrected chi connectivity index (χ2v) is 17.0. The molecule has 1 nitrogen and oxygen atoms in total. The van der Waals surface area contributed by atoms with E-state index in [9.17, 15) is 0 Å². The summed E-state index contributed by atoms with van der Waals surface area (Å²) in [5.74, 6) is 0. The molecule has 1 heteroatoms. The highest BCUT2D eigenvalue weighted by Gasteiger charge is 2.25. The van der Waals surface area contributed by atoms with Crippen molar-refractivity contribution in [1.82, 2.24) is 0 Å². The van der Waals surface area contributed by atoms with Crippen molar-refractivity contribution in [3.63, 3.8) is 0 Å². The molecule has 0 atom stereocenters. The highest BCUT2D eigenvalue weighted by Crippen LogP contribution is 2.22. The summed E-state index contributed by atoms with van der Waals surface area (Å²) in [6.07, 6.45) is 58.7. The van der Waals surface area contributed by atoms with Gasteiger partial charge in [-0.25, -0.2) is 0 Å². The lowest BCUT2D eigenvalue weighted by atomic mass is 10.0. The van der Waals surface area contributed by atoms with Crippen LogP contribution in [0, 0.1) is 0 Å². The van der Waals surface area contributed by atoms with E-state index in [4.69, 9.17) is 0 Å². The predicted molar refractivity (Wildman–Crippen MR) is 227 cm³/mol. The van der Waals surface area contributed by atoms with Crippen LogP contribution < -0.4 is 0 Å². The lowest BCUT2D eigenvalue weighted by molar-refractivity contribution is -0.929. The van der Waals surface area contributed by atoms with E-state index in [0.717, 1.165) is 0 Å². The molecule has 0 aliphatic carbocycles. The predicted octanol–water partition coefficient (Wildman–Crippen LogP) is 17.5. The molecular formula is C48H100N+. The molecule has 0 aliphatic rings. The second-order valence-electron chi connectivity index (χ2n) is 17.0. The van der Waals surface area contributed by atoms with E-state index in [0.29, 0.717) is 0 Å². The fraction of sp³-hybridized carbons (Fsp3) is 1.00. The first-order valence-corrected chi connectivity index (χ1v) is 24.1. The van der Waals surface area contributed by atoms with Crippen LogP contribution in [0.4, 0.5) is 0 Å². The van der Waals surface area contributed by atoms with Gasteiger partial charge in [-0.2, -0.15) is 0 Å². The molecule has 296 valence electrons. The number of quaternary nitrogens is 1. The van der Waals surface area contributed by atoms with E-state index in [-0.39, 0.29) is 0 Å². The SMILES string of the molecule is CCCCCCCCCCCCC[N+](CCCCCCCCC)(CCCCCCCCCCCCC)CCCCCCCCCCCCC. The minimum atomic E-state index is 1.37. The van der Waals surface area contributed by atoms with Crippen LogP contribution in [0.25, 0.3) is 0 Å². The van der Waals surface area contributed by atoms with Crippen LogP contribution in [0.15, 0.2) is 0 Å². The van der Waals surface area contributed by atoms with Crippen molar-refractivity contribution in [1.29, 1.82) is 0 Å². The summed E-state index contributed by atoms with van der Waals surface area (Å²) in [6, 6.07) is 0. The summed E-state index contributed by atoms with van der Waals surface area (Å²) in [5, 5.41) is 0. The van der Waals surface area contributed by atoms with Gasteiger partial charge in [0.2, 0.25) is 0 Å². The lowest BCUT2D eigenvalue weighted by Gasteiger charge is -2.40. The van der Waals surface area contributed by atoms with Crippen LogP contribution in [0.2, 0.25) is 0 Å². The minimum Gasteiger partial charge on any atom is -0.324 e. The Balaban J connectivity index is 4.81. The van der Waals surface area contributed by atoms with Gasteiger partial charge in [0.25, 0.3) is 0 Å². The number of hydrogen-bond donors (Lipinski definition) is 0. The quantitative estimate of drug-likeness (QED) is 0.0441. The zero-order chi connectivity index (χ0) is 35.6. The lowest BCUT2D eigenvalue weighted by Crippen LogP contribution is -2.50. The molecule has 0 spiro atoms. The van der Waals surface area contributed by atoms with Crippen molar-refractivity contribution in [3.8, 4) is 0 Å². The van der Waals surface area contributed by atoms with Gasteiger partial charge in [0.15, 0.2) is 0 Å². The molecule has 0 aliphatic heterocycles. The Morgan fingerprint density at radius 3 is 0.429 bits per heavy atom. The number of rotatable bonds is 44. The van der Waals surface area contributed by atoms with E-state index in [1.54, 1.807) is 0 Å². The average molecular weight is 691 g/mol. The summed E-state index contributed by atoms with van der Waals surface area (Å²) in [5.41, 5.74) is 0. The topological polar surface area (TPSA) is 0 Å². The Labute approximate surface area is 314 Å². The third kappa shape index (κ3) is 37.5. The van der Waals surface area contributed by atoms with Crippen LogP contribution >= 0.6 is 0 Å². The number of unbranched alkanes of at least 4 members (excludes halogenated alkanes) is 36. The molecule has 0 bridgehead atoms. The fourth-order valence-corrected chi connectivity index (χ4v) is 8.41. The zero-order valence-electron chi connectivity index (χ0n) is 35.6. The van der Waals surface area contributed by atoms with Gasteiger partial charge in [-0.1, -0.05) is 233 Å². The van der Waals surface area contributed by atoms with Crippen molar-refractivity contribution in [2.45, 2.75) is 285 Å². The van der Waals surface area contributed by atoms with Crippen LogP contribution in [0.3, 0.4) is 0 Å². The van der Waals surface area contributed by atoms with E-state index in [2.05, 4.69) is 27.7 Å². The largest absolute Gasteiger partial charge is 0.324 e. The Kier molecular flexibility index (Phi) is 42.3. The normalized spacial score (nSPS) is 12.0. The Morgan fingerprint density at radius 1 is 0.163 bits per heavy atom. The number of nitrogens with zero attached hydrogens (tertiary/aromatic N) is 1. The molecule has 0 radical (unpaired) electrons. The Hall–Kier alpha value is -0.0400. The van der Waals surface area contributed by atoms with Gasteiger partial charge in [0.05, 0.1) is 26.2 Å². The van der Waals surface area contributed by atoms with Crippen molar-refractivity contribution >= 4 is 0 Å². The van der Waals surface area contributed by atoms with Crippen LogP contribution in [0.5, 0.6) is 0 Å². The molecule has 0 aromatic rings. The third-order valence-electron chi connectivity index (χ3n) is 11.9. The minimum absolute atomic E-state index is 1.37. The molecule has 49 heavy (non-hydrogen) atoms. The molecule has 0 unspecified atom stereocenters. The zero-order valence-corrected chi connectivity index (χ0v) is 35.6. The summed E-state index contributed by atoms with van der Waals surface area (Å²) < 4.78 is 1.49. The molecule has 0 fully saturated rings. The van der Waals surface area contributed by atoms with Gasteiger partial charge in [0, 0.05) is 0 Å². The Morgan fingerprint density at radius 2 is 0.286 bits per heavy atom. The fourth-order valence-electron chi connectivity index (χ4n) is 8.41. The molecule has 0 N–H and O–H groups in total. The highest BCUT2D eigenvalue weighted by atomic mass is 15.3. The maximum Gasteiger partial charge on any atom is 0.0786 e. The van der Waals surface area contributed by atoms with E-state index in [1.807, 2.05) is 0 Å². The van der Waals surface area contributed by atoms with Gasteiger partial charge in [0.1, 0.15) is 0 Å². The van der Waals surface area contributed by atoms with Crippen molar-refractivity contribution in [2.24, 2.45) is 0 Å². The van der Waals surface area contributed by atoms with Gasteiger partial charge < -0.3 is 4.48 Å². The smallest absolute Gasteiger partial charge is 0.0786 e. The van der Waals surface area contributed by atoms with E-state index >= 15 is 0 Å². The van der Waals surface area contributed by atoms with Crippen molar-refractivity contribution in [3.05, 3.63) is 0 Å². The molecule has 0 saturated heterocycles. The van der Waals surface area contributed by atoms with E-state index in [1.165, 1.54) is 287 Å². The van der Waals surface area contributed by atoms with E-state index < -0.39 is 0 Å². The van der Waals surface area contributed by atoms with Gasteiger partial charge in [-0.05, 0) is 51.4 Å². The first-order chi connectivity index (χ1) is 24.2. The molecule has 0 heterocycles. The van der Waals surface area contributed by atoms with Gasteiger partial charge in [-0.15, -0.1) is 0 Å². The summed E-state index contributed by atoms with van der Waals surface area (Å²) >= 11 is 0. The standard InChI is InChI=1S/C48H100N/c1-5-9-13-17-21-24-27-30-34-38-42-46-49(45-41-37-33-20-16-12-8-4,47-43-39-35-31-28-25-22-18-14-10-6-2)48-44-40-36-32-29-26-23-19-15-11-7-3/h5-48H2,1-4H3/q+1. The molecular weight excluding hydrogens is 591 g/mol. The molecule has 0 saturated carbocycles. The Bertz CT molecular complexity index is 505. The summed E-state index contributed by atoms with van der Waals surface area (Å²) in [4.78, 5) is 0. The first kappa shape index (κ1) is 49.0.